The van der Waals surface area contributed by atoms with E-state index in [1.54, 1.807) is 11.0 Å². The number of hydrogen-bond donors (Lipinski definition) is 1. The molecule has 0 aliphatic carbocycles. The van der Waals surface area contributed by atoms with Crippen LogP contribution in [0.3, 0.4) is 0 Å². The zero-order chi connectivity index (χ0) is 14.3. The molecule has 20 heavy (non-hydrogen) atoms. The van der Waals surface area contributed by atoms with Gasteiger partial charge in [0.25, 0.3) is 5.69 Å². The standard InChI is InChI=1S/C12H11N3O3S2/c16-11-3-7(6-19)5-14(11)12-13-9-4-8(15(17)18)1-2-10(9)20-12/h1-2,4,7,19H,3,5-6H2. The number of thiol groups is 1. The molecule has 1 aliphatic rings. The monoisotopic (exact) mass is 309 g/mol. The van der Waals surface area contributed by atoms with Gasteiger partial charge in [0.15, 0.2) is 5.13 Å². The van der Waals surface area contributed by atoms with E-state index in [9.17, 15) is 14.9 Å². The van der Waals surface area contributed by atoms with E-state index >= 15 is 0 Å². The average molecular weight is 309 g/mol. The Morgan fingerprint density at radius 2 is 2.35 bits per heavy atom. The lowest BCUT2D eigenvalue weighted by Gasteiger charge is -2.11. The number of fused-ring (bicyclic) bond motifs is 1. The summed E-state index contributed by atoms with van der Waals surface area (Å²) in [4.78, 5) is 28.2. The molecular weight excluding hydrogens is 298 g/mol. The van der Waals surface area contributed by atoms with E-state index in [-0.39, 0.29) is 17.5 Å². The fourth-order valence-corrected chi connectivity index (χ4v) is 3.44. The Kier molecular flexibility index (Phi) is 3.35. The molecule has 0 spiro atoms. The molecule has 2 aromatic rings. The molecule has 0 bridgehead atoms. The number of anilines is 1. The number of nitro groups is 1. The third-order valence-electron chi connectivity index (χ3n) is 3.26. The minimum atomic E-state index is -0.448. The number of amides is 1. The van der Waals surface area contributed by atoms with Crippen LogP contribution in [0, 0.1) is 16.0 Å². The van der Waals surface area contributed by atoms with Crippen molar-refractivity contribution in [2.45, 2.75) is 6.42 Å². The highest BCUT2D eigenvalue weighted by atomic mass is 32.1. The van der Waals surface area contributed by atoms with Crippen LogP contribution in [0.1, 0.15) is 6.42 Å². The molecule has 0 saturated carbocycles. The van der Waals surface area contributed by atoms with Gasteiger partial charge in [0.2, 0.25) is 5.91 Å². The first-order valence-electron chi connectivity index (χ1n) is 6.04. The second-order valence-corrected chi connectivity index (χ2v) is 6.04. The molecule has 1 aliphatic heterocycles. The quantitative estimate of drug-likeness (QED) is 0.537. The lowest BCUT2D eigenvalue weighted by atomic mass is 10.1. The average Bonchev–Trinajstić information content (AvgIpc) is 3.00. The topological polar surface area (TPSA) is 76.3 Å². The van der Waals surface area contributed by atoms with Gasteiger partial charge in [0, 0.05) is 25.1 Å². The highest BCUT2D eigenvalue weighted by Crippen LogP contribution is 2.34. The normalized spacial score (nSPS) is 18.9. The van der Waals surface area contributed by atoms with E-state index in [2.05, 4.69) is 17.6 Å². The van der Waals surface area contributed by atoms with E-state index in [0.29, 0.717) is 29.4 Å². The van der Waals surface area contributed by atoms with Crippen molar-refractivity contribution in [1.29, 1.82) is 0 Å². The van der Waals surface area contributed by atoms with Gasteiger partial charge < -0.3 is 0 Å². The van der Waals surface area contributed by atoms with E-state index in [1.807, 2.05) is 0 Å². The number of hydrogen-bond acceptors (Lipinski definition) is 6. The van der Waals surface area contributed by atoms with Gasteiger partial charge in [-0.1, -0.05) is 11.3 Å². The number of carbonyl (C=O) groups excluding carboxylic acids is 1. The minimum Gasteiger partial charge on any atom is -0.288 e. The first-order chi connectivity index (χ1) is 9.58. The van der Waals surface area contributed by atoms with E-state index in [0.717, 1.165) is 4.70 Å². The molecule has 2 heterocycles. The molecule has 6 nitrogen and oxygen atoms in total. The number of aromatic nitrogens is 1. The second-order valence-electron chi connectivity index (χ2n) is 4.66. The van der Waals surface area contributed by atoms with Gasteiger partial charge in [-0.15, -0.1) is 0 Å². The second kappa shape index (κ2) is 5.02. The summed E-state index contributed by atoms with van der Waals surface area (Å²) in [5.74, 6) is 0.947. The molecule has 1 aromatic heterocycles. The highest BCUT2D eigenvalue weighted by molar-refractivity contribution is 7.80. The largest absolute Gasteiger partial charge is 0.288 e. The third-order valence-corrected chi connectivity index (χ3v) is 4.84. The van der Waals surface area contributed by atoms with Crippen LogP contribution >= 0.6 is 24.0 Å². The maximum Gasteiger partial charge on any atom is 0.271 e. The predicted octanol–water partition coefficient (Wildman–Crippen LogP) is 2.49. The maximum atomic E-state index is 11.9. The Morgan fingerprint density at radius 3 is 3.00 bits per heavy atom. The van der Waals surface area contributed by atoms with Crippen LogP contribution in [0.2, 0.25) is 0 Å². The Balaban J connectivity index is 1.97. The summed E-state index contributed by atoms with van der Waals surface area (Å²) in [6.45, 7) is 0.615. The fourth-order valence-electron chi connectivity index (χ4n) is 2.22. The van der Waals surface area contributed by atoms with E-state index in [1.165, 1.54) is 23.5 Å². The van der Waals surface area contributed by atoms with E-state index < -0.39 is 4.92 Å². The first-order valence-corrected chi connectivity index (χ1v) is 7.49. The molecule has 0 radical (unpaired) electrons. The van der Waals surface area contributed by atoms with Gasteiger partial charge in [-0.3, -0.25) is 19.8 Å². The Labute approximate surface area is 124 Å². The number of nitro benzene ring substituents is 1. The lowest BCUT2D eigenvalue weighted by molar-refractivity contribution is -0.384. The molecule has 1 aromatic carbocycles. The van der Waals surface area contributed by atoms with Crippen LogP contribution < -0.4 is 4.90 Å². The lowest BCUT2D eigenvalue weighted by Crippen LogP contribution is -2.24. The number of non-ortho nitro benzene ring substituents is 1. The Morgan fingerprint density at radius 1 is 1.55 bits per heavy atom. The Bertz CT molecular complexity index is 700. The third kappa shape index (κ3) is 2.25. The van der Waals surface area contributed by atoms with Crippen molar-refractivity contribution in [1.82, 2.24) is 4.98 Å². The summed E-state index contributed by atoms with van der Waals surface area (Å²) in [6.07, 6.45) is 0.486. The van der Waals surface area contributed by atoms with Crippen LogP contribution in [0.25, 0.3) is 10.2 Å². The first kappa shape index (κ1) is 13.3. The van der Waals surface area contributed by atoms with Crippen molar-refractivity contribution in [2.24, 2.45) is 5.92 Å². The molecule has 3 rings (SSSR count). The summed E-state index contributed by atoms with van der Waals surface area (Å²) < 4.78 is 0.840. The van der Waals surface area contributed by atoms with Crippen molar-refractivity contribution in [3.8, 4) is 0 Å². The highest BCUT2D eigenvalue weighted by Gasteiger charge is 2.31. The maximum absolute atomic E-state index is 11.9. The summed E-state index contributed by atoms with van der Waals surface area (Å²) in [5.41, 5.74) is 0.566. The van der Waals surface area contributed by atoms with Crippen LogP contribution in [-0.2, 0) is 4.79 Å². The molecule has 104 valence electrons. The summed E-state index contributed by atoms with van der Waals surface area (Å²) in [6, 6.07) is 4.56. The zero-order valence-corrected chi connectivity index (χ0v) is 12.1. The van der Waals surface area contributed by atoms with Gasteiger partial charge >= 0.3 is 0 Å². The number of thiazole rings is 1. The summed E-state index contributed by atoms with van der Waals surface area (Å²) in [5, 5.41) is 11.4. The molecule has 8 heteroatoms. The van der Waals surface area contributed by atoms with Crippen LogP contribution in [0.5, 0.6) is 0 Å². The predicted molar refractivity (Wildman–Crippen MR) is 80.6 cm³/mol. The molecular formula is C12H11N3O3S2. The van der Waals surface area contributed by atoms with Gasteiger partial charge in [-0.25, -0.2) is 4.98 Å². The number of carbonyl (C=O) groups is 1. The van der Waals surface area contributed by atoms with Crippen molar-refractivity contribution in [2.75, 3.05) is 17.2 Å². The van der Waals surface area contributed by atoms with E-state index in [4.69, 9.17) is 0 Å². The zero-order valence-electron chi connectivity index (χ0n) is 10.4. The summed E-state index contributed by atoms with van der Waals surface area (Å²) in [7, 11) is 0. The fraction of sp³-hybridized carbons (Fsp3) is 0.333. The molecule has 1 amide bonds. The number of benzene rings is 1. The SMILES string of the molecule is O=C1CC(CS)CN1c1nc2cc([N+](=O)[O-])ccc2s1. The van der Waals surface area contributed by atoms with Crippen LogP contribution in [-0.4, -0.2) is 28.1 Å². The molecule has 1 fully saturated rings. The van der Waals surface area contributed by atoms with Gasteiger partial charge in [0.1, 0.15) is 0 Å². The van der Waals surface area contributed by atoms with Gasteiger partial charge in [-0.05, 0) is 17.7 Å². The Hall–Kier alpha value is -1.67. The van der Waals surface area contributed by atoms with Crippen molar-refractivity contribution in [3.05, 3.63) is 28.3 Å². The van der Waals surface area contributed by atoms with Crippen molar-refractivity contribution >= 4 is 50.9 Å². The molecule has 1 saturated heterocycles. The van der Waals surface area contributed by atoms with Crippen molar-refractivity contribution < 1.29 is 9.72 Å². The number of nitrogens with zero attached hydrogens (tertiary/aromatic N) is 3. The van der Waals surface area contributed by atoms with Crippen LogP contribution in [0.4, 0.5) is 10.8 Å². The molecule has 0 N–H and O–H groups in total. The van der Waals surface area contributed by atoms with Crippen LogP contribution in [0.15, 0.2) is 18.2 Å². The van der Waals surface area contributed by atoms with Gasteiger partial charge in [-0.2, -0.15) is 12.6 Å². The minimum absolute atomic E-state index is 0.00957. The molecule has 1 atom stereocenters. The van der Waals surface area contributed by atoms with Crippen molar-refractivity contribution in [3.63, 3.8) is 0 Å². The number of rotatable bonds is 3. The van der Waals surface area contributed by atoms with Gasteiger partial charge in [0.05, 0.1) is 15.1 Å². The smallest absolute Gasteiger partial charge is 0.271 e. The summed E-state index contributed by atoms with van der Waals surface area (Å²) >= 11 is 5.60. The molecule has 1 unspecified atom stereocenters.